The van der Waals surface area contributed by atoms with Crippen molar-refractivity contribution in [2.45, 2.75) is 37.9 Å². The van der Waals surface area contributed by atoms with Gasteiger partial charge in [-0.3, -0.25) is 9.48 Å². The first kappa shape index (κ1) is 15.6. The number of aryl methyl sites for hydroxylation is 2. The molecule has 2 aromatic heterocycles. The quantitative estimate of drug-likeness (QED) is 0.794. The molecule has 6 nitrogen and oxygen atoms in total. The van der Waals surface area contributed by atoms with Crippen molar-refractivity contribution in [3.63, 3.8) is 0 Å². The Morgan fingerprint density at radius 3 is 2.81 bits per heavy atom. The molecule has 0 spiro atoms. The van der Waals surface area contributed by atoms with E-state index in [2.05, 4.69) is 28.5 Å². The summed E-state index contributed by atoms with van der Waals surface area (Å²) in [6, 6.07) is 2.00. The van der Waals surface area contributed by atoms with E-state index in [0.717, 1.165) is 29.5 Å². The van der Waals surface area contributed by atoms with Crippen molar-refractivity contribution in [3.8, 4) is 0 Å². The first-order valence-electron chi connectivity index (χ1n) is 6.86. The highest BCUT2D eigenvalue weighted by Crippen LogP contribution is 2.23. The van der Waals surface area contributed by atoms with Crippen LogP contribution in [-0.4, -0.2) is 36.2 Å². The number of hydrogen-bond donors (Lipinski definition) is 1. The number of carboxylic acid groups (broad SMARTS) is 1. The Hall–Kier alpha value is -1.76. The third-order valence-electron chi connectivity index (χ3n) is 3.28. The Morgan fingerprint density at radius 1 is 1.48 bits per heavy atom. The molecule has 1 N–H and O–H groups in total. The molecule has 0 aliphatic rings. The summed E-state index contributed by atoms with van der Waals surface area (Å²) in [4.78, 5) is 15.1. The predicted octanol–water partition coefficient (Wildman–Crippen LogP) is 2.16. The second kappa shape index (κ2) is 6.80. The smallest absolute Gasteiger partial charge is 0.313 e. The Kier molecular flexibility index (Phi) is 5.06. The summed E-state index contributed by atoms with van der Waals surface area (Å²) in [5.41, 5.74) is 2.28. The second-order valence-electron chi connectivity index (χ2n) is 5.15. The molecule has 0 saturated heterocycles. The zero-order valence-corrected chi connectivity index (χ0v) is 13.3. The van der Waals surface area contributed by atoms with Crippen LogP contribution in [0.3, 0.4) is 0 Å². The lowest BCUT2D eigenvalue weighted by Crippen LogP contribution is -2.11. The van der Waals surface area contributed by atoms with E-state index in [1.807, 2.05) is 24.0 Å². The van der Waals surface area contributed by atoms with Crippen LogP contribution in [0.5, 0.6) is 0 Å². The van der Waals surface area contributed by atoms with Crippen molar-refractivity contribution in [1.29, 1.82) is 0 Å². The molecule has 0 fully saturated rings. The van der Waals surface area contributed by atoms with Crippen LogP contribution in [0.4, 0.5) is 0 Å². The maximum Gasteiger partial charge on any atom is 0.313 e. The molecule has 0 aliphatic heterocycles. The summed E-state index contributed by atoms with van der Waals surface area (Å²) < 4.78 is 3.97. The number of nitrogens with zero attached hydrogens (tertiary/aromatic N) is 4. The van der Waals surface area contributed by atoms with Crippen molar-refractivity contribution in [2.75, 3.05) is 5.75 Å². The number of rotatable bonds is 7. The van der Waals surface area contributed by atoms with Crippen LogP contribution in [0.2, 0.25) is 0 Å². The second-order valence-corrected chi connectivity index (χ2v) is 6.09. The van der Waals surface area contributed by atoms with Crippen molar-refractivity contribution in [1.82, 2.24) is 19.3 Å². The van der Waals surface area contributed by atoms with Gasteiger partial charge >= 0.3 is 5.97 Å². The summed E-state index contributed by atoms with van der Waals surface area (Å²) in [7, 11) is 1.92. The summed E-state index contributed by atoms with van der Waals surface area (Å²) in [5, 5.41) is 13.8. The molecule has 0 aliphatic carbocycles. The lowest BCUT2D eigenvalue weighted by Gasteiger charge is -2.13. The van der Waals surface area contributed by atoms with Crippen LogP contribution in [-0.2, 0) is 24.8 Å². The summed E-state index contributed by atoms with van der Waals surface area (Å²) in [6.07, 6.45) is 4.47. The highest BCUT2D eigenvalue weighted by Gasteiger charge is 2.14. The third-order valence-corrected chi connectivity index (χ3v) is 4.26. The molecule has 0 amide bonds. The van der Waals surface area contributed by atoms with E-state index in [0.29, 0.717) is 5.92 Å². The Morgan fingerprint density at radius 2 is 2.24 bits per heavy atom. The molecule has 114 valence electrons. The topological polar surface area (TPSA) is 72.9 Å². The Balaban J connectivity index is 2.16. The van der Waals surface area contributed by atoms with Gasteiger partial charge in [-0.25, -0.2) is 4.98 Å². The van der Waals surface area contributed by atoms with Crippen molar-refractivity contribution < 1.29 is 9.90 Å². The molecule has 0 unspecified atom stereocenters. The first-order valence-corrected chi connectivity index (χ1v) is 7.84. The molecular formula is C14H20N4O2S. The maximum absolute atomic E-state index is 10.7. The average molecular weight is 308 g/mol. The summed E-state index contributed by atoms with van der Waals surface area (Å²) >= 11 is 1.26. The largest absolute Gasteiger partial charge is 0.481 e. The van der Waals surface area contributed by atoms with Gasteiger partial charge < -0.3 is 9.67 Å². The standard InChI is InChI=1S/C14H20N4O2S/c1-10(2)12-8-15-14(21-9-13(19)20)18(12)7-5-11-4-6-16-17(11)3/h4,6,8,10H,5,7,9H2,1-3H3,(H,19,20). The van der Waals surface area contributed by atoms with Crippen LogP contribution in [0.25, 0.3) is 0 Å². The number of hydrogen-bond acceptors (Lipinski definition) is 4. The zero-order valence-electron chi connectivity index (χ0n) is 12.5. The van der Waals surface area contributed by atoms with Gasteiger partial charge in [-0.15, -0.1) is 0 Å². The molecule has 0 saturated carbocycles. The van der Waals surface area contributed by atoms with Crippen molar-refractivity contribution >= 4 is 17.7 Å². The van der Waals surface area contributed by atoms with E-state index in [9.17, 15) is 4.79 Å². The monoisotopic (exact) mass is 308 g/mol. The van der Waals surface area contributed by atoms with Crippen LogP contribution < -0.4 is 0 Å². The van der Waals surface area contributed by atoms with Crippen molar-refractivity contribution in [2.24, 2.45) is 7.05 Å². The minimum Gasteiger partial charge on any atom is -0.481 e. The van der Waals surface area contributed by atoms with Gasteiger partial charge in [-0.1, -0.05) is 25.6 Å². The highest BCUT2D eigenvalue weighted by atomic mass is 32.2. The molecule has 7 heteroatoms. The lowest BCUT2D eigenvalue weighted by molar-refractivity contribution is -0.133. The number of aliphatic carboxylic acids is 1. The fourth-order valence-corrected chi connectivity index (χ4v) is 2.90. The highest BCUT2D eigenvalue weighted by molar-refractivity contribution is 7.99. The average Bonchev–Trinajstić information content (AvgIpc) is 3.00. The molecule has 0 atom stereocenters. The van der Waals surface area contributed by atoms with Gasteiger partial charge in [0.1, 0.15) is 0 Å². The van der Waals surface area contributed by atoms with E-state index < -0.39 is 5.97 Å². The number of thioether (sulfide) groups is 1. The van der Waals surface area contributed by atoms with Crippen molar-refractivity contribution in [3.05, 3.63) is 29.8 Å². The van der Waals surface area contributed by atoms with Crippen LogP contribution in [0.15, 0.2) is 23.6 Å². The van der Waals surface area contributed by atoms with E-state index in [4.69, 9.17) is 5.11 Å². The predicted molar refractivity (Wildman–Crippen MR) is 81.6 cm³/mol. The molecule has 2 heterocycles. The SMILES string of the molecule is CC(C)c1cnc(SCC(=O)O)n1CCc1ccnn1C. The van der Waals surface area contributed by atoms with Crippen LogP contribution >= 0.6 is 11.8 Å². The molecule has 0 bridgehead atoms. The maximum atomic E-state index is 10.7. The van der Waals surface area contributed by atoms with Gasteiger partial charge in [-0.05, 0) is 12.0 Å². The molecular weight excluding hydrogens is 288 g/mol. The normalized spacial score (nSPS) is 11.2. The zero-order chi connectivity index (χ0) is 15.4. The molecule has 2 aromatic rings. The van der Waals surface area contributed by atoms with Gasteiger partial charge in [0, 0.05) is 43.8 Å². The van der Waals surface area contributed by atoms with E-state index in [1.165, 1.54) is 11.8 Å². The van der Waals surface area contributed by atoms with E-state index >= 15 is 0 Å². The third kappa shape index (κ3) is 3.87. The molecule has 0 radical (unpaired) electrons. The molecule has 0 aromatic carbocycles. The fraction of sp³-hybridized carbons (Fsp3) is 0.500. The Labute approximate surface area is 128 Å². The number of aromatic nitrogens is 4. The van der Waals surface area contributed by atoms with Crippen LogP contribution in [0.1, 0.15) is 31.2 Å². The van der Waals surface area contributed by atoms with Gasteiger partial charge in [0.05, 0.1) is 5.75 Å². The van der Waals surface area contributed by atoms with E-state index in [1.54, 1.807) is 6.20 Å². The van der Waals surface area contributed by atoms with Gasteiger partial charge in [0.15, 0.2) is 5.16 Å². The number of carbonyl (C=O) groups is 1. The Bertz CT molecular complexity index is 618. The number of carboxylic acids is 1. The molecule has 2 rings (SSSR count). The minimum absolute atomic E-state index is 0.0280. The summed E-state index contributed by atoms with van der Waals surface area (Å²) in [6.45, 7) is 5.00. The first-order chi connectivity index (χ1) is 9.99. The minimum atomic E-state index is -0.827. The van der Waals surface area contributed by atoms with E-state index in [-0.39, 0.29) is 5.75 Å². The molecule has 21 heavy (non-hydrogen) atoms. The fourth-order valence-electron chi connectivity index (χ4n) is 2.17. The van der Waals surface area contributed by atoms with Gasteiger partial charge in [0.2, 0.25) is 0 Å². The number of imidazole rings is 1. The summed E-state index contributed by atoms with van der Waals surface area (Å²) in [5.74, 6) is -0.448. The van der Waals surface area contributed by atoms with Gasteiger partial charge in [0.25, 0.3) is 0 Å². The van der Waals surface area contributed by atoms with Crippen LogP contribution in [0, 0.1) is 0 Å². The lowest BCUT2D eigenvalue weighted by atomic mass is 10.1. The van der Waals surface area contributed by atoms with Gasteiger partial charge in [-0.2, -0.15) is 5.10 Å².